The predicted molar refractivity (Wildman–Crippen MR) is 91.0 cm³/mol. The van der Waals surface area contributed by atoms with Gasteiger partial charge in [-0.2, -0.15) is 5.26 Å². The number of amides is 2. The van der Waals surface area contributed by atoms with Gasteiger partial charge in [-0.05, 0) is 42.1 Å². The number of ether oxygens (including phenoxy) is 1. The quantitative estimate of drug-likeness (QED) is 0.644. The molecule has 0 aliphatic carbocycles. The van der Waals surface area contributed by atoms with Crippen LogP contribution in [0.3, 0.4) is 0 Å². The Morgan fingerprint density at radius 3 is 2.79 bits per heavy atom. The van der Waals surface area contributed by atoms with E-state index in [1.807, 2.05) is 24.4 Å². The standard InChI is InChI=1S/C17H15N3O3S/c1-12-8-9-24-15(12)6-7-16(21)19-20-17(22)11-23-14-5-3-2-4-13(14)10-18/h2-9H,11H2,1H3,(H,19,21)(H,20,22)/b7-6+. The van der Waals surface area contributed by atoms with Crippen LogP contribution >= 0.6 is 11.3 Å². The molecule has 2 rings (SSSR count). The summed E-state index contributed by atoms with van der Waals surface area (Å²) < 4.78 is 5.25. The van der Waals surface area contributed by atoms with Crippen LogP contribution < -0.4 is 15.6 Å². The molecule has 2 N–H and O–H groups in total. The number of nitrogens with one attached hydrogen (secondary N) is 2. The Kier molecular flexibility index (Phi) is 6.11. The normalized spacial score (nSPS) is 10.2. The van der Waals surface area contributed by atoms with Gasteiger partial charge in [0.05, 0.1) is 5.56 Å². The monoisotopic (exact) mass is 341 g/mol. The maximum Gasteiger partial charge on any atom is 0.276 e. The van der Waals surface area contributed by atoms with Crippen molar-refractivity contribution in [2.75, 3.05) is 6.61 Å². The molecule has 0 radical (unpaired) electrons. The first-order valence-electron chi connectivity index (χ1n) is 7.03. The fourth-order valence-corrected chi connectivity index (χ4v) is 2.56. The average Bonchev–Trinajstić information content (AvgIpc) is 3.01. The first-order valence-corrected chi connectivity index (χ1v) is 7.91. The molecule has 0 fully saturated rings. The summed E-state index contributed by atoms with van der Waals surface area (Å²) in [6.07, 6.45) is 3.02. The minimum absolute atomic E-state index is 0.313. The summed E-state index contributed by atoms with van der Waals surface area (Å²) in [4.78, 5) is 24.3. The van der Waals surface area contributed by atoms with Gasteiger partial charge in [0.25, 0.3) is 11.8 Å². The molecule has 0 bridgehead atoms. The maximum atomic E-state index is 11.7. The fraction of sp³-hybridized carbons (Fsp3) is 0.118. The fourth-order valence-electron chi connectivity index (χ4n) is 1.74. The molecular weight excluding hydrogens is 326 g/mol. The number of nitriles is 1. The van der Waals surface area contributed by atoms with Crippen LogP contribution in [0.2, 0.25) is 0 Å². The molecule has 1 aromatic heterocycles. The number of carbonyl (C=O) groups is 2. The van der Waals surface area contributed by atoms with Gasteiger partial charge in [-0.3, -0.25) is 20.4 Å². The molecule has 0 saturated carbocycles. The summed E-state index contributed by atoms with van der Waals surface area (Å²) in [5.41, 5.74) is 5.92. The Hall–Kier alpha value is -3.11. The van der Waals surface area contributed by atoms with Gasteiger partial charge in [0, 0.05) is 11.0 Å². The van der Waals surface area contributed by atoms with E-state index in [4.69, 9.17) is 10.00 Å². The summed E-state index contributed by atoms with van der Waals surface area (Å²) in [5.74, 6) is -0.667. The number of carbonyl (C=O) groups excluding carboxylic acids is 2. The largest absolute Gasteiger partial charge is 0.482 e. The summed E-state index contributed by atoms with van der Waals surface area (Å²) >= 11 is 1.52. The molecular formula is C17H15N3O3S. The van der Waals surface area contributed by atoms with Crippen molar-refractivity contribution in [1.82, 2.24) is 10.9 Å². The van der Waals surface area contributed by atoms with E-state index < -0.39 is 11.8 Å². The van der Waals surface area contributed by atoms with Crippen LogP contribution in [-0.2, 0) is 9.59 Å². The summed E-state index contributed by atoms with van der Waals surface area (Å²) in [7, 11) is 0. The van der Waals surface area contributed by atoms with Crippen molar-refractivity contribution in [2.24, 2.45) is 0 Å². The summed E-state index contributed by atoms with van der Waals surface area (Å²) in [6, 6.07) is 10.5. The van der Waals surface area contributed by atoms with Crippen LogP contribution in [0.25, 0.3) is 6.08 Å². The molecule has 0 atom stereocenters. The lowest BCUT2D eigenvalue weighted by Crippen LogP contribution is -2.43. The lowest BCUT2D eigenvalue weighted by Gasteiger charge is -2.08. The van der Waals surface area contributed by atoms with E-state index in [0.29, 0.717) is 11.3 Å². The number of benzene rings is 1. The highest BCUT2D eigenvalue weighted by atomic mass is 32.1. The number of nitrogens with zero attached hydrogens (tertiary/aromatic N) is 1. The van der Waals surface area contributed by atoms with Crippen molar-refractivity contribution < 1.29 is 14.3 Å². The Morgan fingerprint density at radius 1 is 1.29 bits per heavy atom. The van der Waals surface area contributed by atoms with Crippen molar-refractivity contribution in [3.63, 3.8) is 0 Å². The average molecular weight is 341 g/mol. The molecule has 0 aliphatic heterocycles. The second-order valence-electron chi connectivity index (χ2n) is 4.74. The van der Waals surface area contributed by atoms with Gasteiger partial charge < -0.3 is 4.74 Å². The highest BCUT2D eigenvalue weighted by molar-refractivity contribution is 7.11. The van der Waals surface area contributed by atoms with Crippen LogP contribution in [0, 0.1) is 18.3 Å². The Bertz CT molecular complexity index is 805. The number of hydrogen-bond donors (Lipinski definition) is 2. The summed E-state index contributed by atoms with van der Waals surface area (Å²) in [6.45, 7) is 1.64. The molecule has 0 unspecified atom stereocenters. The molecule has 0 spiro atoms. The van der Waals surface area contributed by atoms with Gasteiger partial charge in [0.1, 0.15) is 11.8 Å². The van der Waals surface area contributed by atoms with E-state index >= 15 is 0 Å². The molecule has 1 heterocycles. The second kappa shape index (κ2) is 8.50. The van der Waals surface area contributed by atoms with Gasteiger partial charge in [-0.1, -0.05) is 12.1 Å². The van der Waals surface area contributed by atoms with E-state index in [1.165, 1.54) is 17.4 Å². The van der Waals surface area contributed by atoms with Gasteiger partial charge in [0.2, 0.25) is 0 Å². The second-order valence-corrected chi connectivity index (χ2v) is 5.68. The zero-order valence-corrected chi connectivity index (χ0v) is 13.7. The number of hydrazine groups is 1. The maximum absolute atomic E-state index is 11.7. The van der Waals surface area contributed by atoms with E-state index in [-0.39, 0.29) is 6.61 Å². The highest BCUT2D eigenvalue weighted by Crippen LogP contribution is 2.17. The minimum atomic E-state index is -0.531. The van der Waals surface area contributed by atoms with Crippen LogP contribution in [0.5, 0.6) is 5.75 Å². The molecule has 0 saturated heterocycles. The number of rotatable bonds is 5. The van der Waals surface area contributed by atoms with E-state index in [1.54, 1.807) is 30.3 Å². The zero-order chi connectivity index (χ0) is 17.4. The highest BCUT2D eigenvalue weighted by Gasteiger charge is 2.06. The van der Waals surface area contributed by atoms with Gasteiger partial charge >= 0.3 is 0 Å². The first-order chi connectivity index (χ1) is 11.6. The molecule has 2 amide bonds. The van der Waals surface area contributed by atoms with Crippen molar-refractivity contribution in [1.29, 1.82) is 5.26 Å². The minimum Gasteiger partial charge on any atom is -0.482 e. The van der Waals surface area contributed by atoms with Crippen molar-refractivity contribution in [2.45, 2.75) is 6.92 Å². The van der Waals surface area contributed by atoms with Gasteiger partial charge in [-0.25, -0.2) is 0 Å². The number of aryl methyl sites for hydroxylation is 1. The Labute approximate surface area is 143 Å². The third-order valence-electron chi connectivity index (χ3n) is 2.98. The lowest BCUT2D eigenvalue weighted by atomic mass is 10.2. The molecule has 0 aliphatic rings. The zero-order valence-electron chi connectivity index (χ0n) is 12.9. The van der Waals surface area contributed by atoms with Crippen molar-refractivity contribution in [3.05, 3.63) is 57.8 Å². The molecule has 1 aromatic carbocycles. The van der Waals surface area contributed by atoms with Crippen LogP contribution in [0.4, 0.5) is 0 Å². The van der Waals surface area contributed by atoms with Crippen LogP contribution in [0.1, 0.15) is 16.0 Å². The van der Waals surface area contributed by atoms with E-state index in [2.05, 4.69) is 10.9 Å². The van der Waals surface area contributed by atoms with E-state index in [9.17, 15) is 9.59 Å². The molecule has 7 heteroatoms. The van der Waals surface area contributed by atoms with Crippen LogP contribution in [0.15, 0.2) is 41.8 Å². The lowest BCUT2D eigenvalue weighted by molar-refractivity contribution is -0.128. The van der Waals surface area contributed by atoms with Crippen LogP contribution in [-0.4, -0.2) is 18.4 Å². The number of hydrogen-bond acceptors (Lipinski definition) is 5. The molecule has 2 aromatic rings. The SMILES string of the molecule is Cc1ccsc1/C=C/C(=O)NNC(=O)COc1ccccc1C#N. The third-order valence-corrected chi connectivity index (χ3v) is 3.96. The predicted octanol–water partition coefficient (Wildman–Crippen LogP) is 2.17. The first kappa shape index (κ1) is 17.2. The molecule has 24 heavy (non-hydrogen) atoms. The number of thiophene rings is 1. The topological polar surface area (TPSA) is 91.2 Å². The molecule has 6 nitrogen and oxygen atoms in total. The smallest absolute Gasteiger partial charge is 0.276 e. The van der Waals surface area contributed by atoms with E-state index in [0.717, 1.165) is 10.4 Å². The van der Waals surface area contributed by atoms with Gasteiger partial charge in [0.15, 0.2) is 6.61 Å². The Balaban J connectivity index is 1.77. The third kappa shape index (κ3) is 4.97. The van der Waals surface area contributed by atoms with Gasteiger partial charge in [-0.15, -0.1) is 11.3 Å². The van der Waals surface area contributed by atoms with Crippen molar-refractivity contribution in [3.8, 4) is 11.8 Å². The van der Waals surface area contributed by atoms with Crippen molar-refractivity contribution >= 4 is 29.2 Å². The summed E-state index contributed by atoms with van der Waals surface area (Å²) in [5, 5.41) is 10.9. The molecule has 122 valence electrons. The Morgan fingerprint density at radius 2 is 2.08 bits per heavy atom. The number of para-hydroxylation sites is 1.